The molecule has 0 aliphatic rings. The van der Waals surface area contributed by atoms with Crippen molar-refractivity contribution in [2.24, 2.45) is 5.73 Å². The predicted molar refractivity (Wildman–Crippen MR) is 103 cm³/mol. The Morgan fingerprint density at radius 2 is 1.71 bits per heavy atom. The van der Waals surface area contributed by atoms with E-state index in [4.69, 9.17) is 10.5 Å². The summed E-state index contributed by atoms with van der Waals surface area (Å²) in [6.45, 7) is 5.79. The highest BCUT2D eigenvalue weighted by Crippen LogP contribution is 2.26. The lowest BCUT2D eigenvalue weighted by Gasteiger charge is -2.18. The molecule has 0 aliphatic carbocycles. The average Bonchev–Trinajstić information content (AvgIpc) is 2.61. The van der Waals surface area contributed by atoms with Crippen LogP contribution in [0.5, 0.6) is 5.75 Å². The maximum atomic E-state index is 6.05. The molecule has 0 spiro atoms. The van der Waals surface area contributed by atoms with Gasteiger partial charge in [-0.05, 0) is 43.5 Å². The number of hydrogen-bond donors (Lipinski definition) is 1. The number of para-hydroxylation sites is 1. The molecule has 0 amide bonds. The van der Waals surface area contributed by atoms with E-state index in [1.807, 2.05) is 6.07 Å². The van der Waals surface area contributed by atoms with Gasteiger partial charge in [-0.2, -0.15) is 0 Å². The largest absolute Gasteiger partial charge is 0.493 e. The van der Waals surface area contributed by atoms with Crippen molar-refractivity contribution in [3.05, 3.63) is 65.2 Å². The molecule has 24 heavy (non-hydrogen) atoms. The molecule has 0 aromatic heterocycles. The Hall–Kier alpha value is -1.80. The third-order valence-corrected chi connectivity index (χ3v) is 4.53. The molecule has 2 aromatic rings. The van der Waals surface area contributed by atoms with Gasteiger partial charge in [-0.15, -0.1) is 0 Å². The Morgan fingerprint density at radius 1 is 0.958 bits per heavy atom. The second-order valence-electron chi connectivity index (χ2n) is 6.56. The first-order chi connectivity index (χ1) is 11.7. The van der Waals surface area contributed by atoms with Crippen molar-refractivity contribution >= 4 is 0 Å². The quantitative estimate of drug-likeness (QED) is 0.606. The van der Waals surface area contributed by atoms with E-state index in [1.165, 1.54) is 36.0 Å². The summed E-state index contributed by atoms with van der Waals surface area (Å²) in [5.41, 5.74) is 9.90. The number of aryl methyl sites for hydroxylation is 1. The van der Waals surface area contributed by atoms with Gasteiger partial charge < -0.3 is 10.5 Å². The lowest BCUT2D eigenvalue weighted by atomic mass is 9.91. The first-order valence-electron chi connectivity index (χ1n) is 9.22. The highest BCUT2D eigenvalue weighted by Gasteiger charge is 2.13. The Labute approximate surface area is 147 Å². The van der Waals surface area contributed by atoms with Crippen LogP contribution in [0.2, 0.25) is 0 Å². The lowest BCUT2D eigenvalue weighted by molar-refractivity contribution is 0.301. The molecule has 2 heteroatoms. The molecule has 2 aromatic carbocycles. The van der Waals surface area contributed by atoms with E-state index in [9.17, 15) is 0 Å². The van der Waals surface area contributed by atoms with Crippen LogP contribution in [-0.2, 0) is 6.42 Å². The first-order valence-corrected chi connectivity index (χ1v) is 9.22. The number of ether oxygens (including phenoxy) is 1. The van der Waals surface area contributed by atoms with Crippen LogP contribution >= 0.6 is 0 Å². The topological polar surface area (TPSA) is 35.2 Å². The molecule has 0 aliphatic heterocycles. The molecule has 1 unspecified atom stereocenters. The van der Waals surface area contributed by atoms with Crippen LogP contribution in [0, 0.1) is 6.92 Å². The highest BCUT2D eigenvalue weighted by molar-refractivity contribution is 5.36. The molecule has 0 saturated carbocycles. The normalized spacial score (nSPS) is 12.1. The fraction of sp³-hybridized carbons (Fsp3) is 0.455. The Bertz CT molecular complexity index is 591. The Balaban J connectivity index is 2.01. The maximum absolute atomic E-state index is 6.05. The number of hydrogen-bond acceptors (Lipinski definition) is 2. The molecule has 0 radical (unpaired) electrons. The monoisotopic (exact) mass is 325 g/mol. The van der Waals surface area contributed by atoms with Gasteiger partial charge in [0.1, 0.15) is 5.75 Å². The summed E-state index contributed by atoms with van der Waals surface area (Å²) in [6.07, 6.45) is 5.83. The SMILES string of the molecule is CCCCCCOc1ccccc1CC(CN)c1ccc(C)cc1. The predicted octanol–water partition coefficient (Wildman–Crippen LogP) is 5.24. The van der Waals surface area contributed by atoms with Crippen LogP contribution in [-0.4, -0.2) is 13.2 Å². The average molecular weight is 325 g/mol. The van der Waals surface area contributed by atoms with Crippen molar-refractivity contribution in [2.75, 3.05) is 13.2 Å². The number of nitrogens with two attached hydrogens (primary N) is 1. The fourth-order valence-corrected chi connectivity index (χ4v) is 2.97. The van der Waals surface area contributed by atoms with Crippen molar-refractivity contribution in [1.29, 1.82) is 0 Å². The minimum atomic E-state index is 0.329. The summed E-state index contributed by atoms with van der Waals surface area (Å²) in [5.74, 6) is 1.34. The van der Waals surface area contributed by atoms with E-state index in [0.29, 0.717) is 12.5 Å². The van der Waals surface area contributed by atoms with Crippen LogP contribution in [0.4, 0.5) is 0 Å². The van der Waals surface area contributed by atoms with Gasteiger partial charge in [0.15, 0.2) is 0 Å². The standard InChI is InChI=1S/C22H31NO/c1-3-4-5-8-15-24-22-10-7-6-9-20(22)16-21(17-23)19-13-11-18(2)12-14-19/h6-7,9-14,21H,3-5,8,15-17,23H2,1-2H3. The summed E-state index contributed by atoms with van der Waals surface area (Å²) in [7, 11) is 0. The van der Waals surface area contributed by atoms with Gasteiger partial charge in [0.25, 0.3) is 0 Å². The van der Waals surface area contributed by atoms with Crippen LogP contribution in [0.3, 0.4) is 0 Å². The zero-order valence-corrected chi connectivity index (χ0v) is 15.1. The molecule has 2 N–H and O–H groups in total. The fourth-order valence-electron chi connectivity index (χ4n) is 2.97. The summed E-state index contributed by atoms with van der Waals surface area (Å²) >= 11 is 0. The van der Waals surface area contributed by atoms with Crippen molar-refractivity contribution in [1.82, 2.24) is 0 Å². The lowest BCUT2D eigenvalue weighted by Crippen LogP contribution is -2.15. The second-order valence-corrected chi connectivity index (χ2v) is 6.56. The van der Waals surface area contributed by atoms with Crippen LogP contribution < -0.4 is 10.5 Å². The molecular weight excluding hydrogens is 294 g/mol. The molecule has 0 heterocycles. The first kappa shape index (κ1) is 18.5. The van der Waals surface area contributed by atoms with Crippen molar-refractivity contribution in [3.8, 4) is 5.75 Å². The summed E-state index contributed by atoms with van der Waals surface area (Å²) in [4.78, 5) is 0. The molecule has 0 fully saturated rings. The summed E-state index contributed by atoms with van der Waals surface area (Å²) < 4.78 is 6.04. The van der Waals surface area contributed by atoms with E-state index in [0.717, 1.165) is 25.2 Å². The number of unbranched alkanes of at least 4 members (excludes halogenated alkanes) is 3. The van der Waals surface area contributed by atoms with Crippen molar-refractivity contribution in [2.45, 2.75) is 51.9 Å². The van der Waals surface area contributed by atoms with Gasteiger partial charge in [0, 0.05) is 5.92 Å². The third-order valence-electron chi connectivity index (χ3n) is 4.53. The van der Waals surface area contributed by atoms with E-state index >= 15 is 0 Å². The summed E-state index contributed by atoms with van der Waals surface area (Å²) in [5, 5.41) is 0. The van der Waals surface area contributed by atoms with E-state index in [-0.39, 0.29) is 0 Å². The molecular formula is C22H31NO. The van der Waals surface area contributed by atoms with Crippen LogP contribution in [0.15, 0.2) is 48.5 Å². The zero-order valence-electron chi connectivity index (χ0n) is 15.1. The highest BCUT2D eigenvalue weighted by atomic mass is 16.5. The van der Waals surface area contributed by atoms with Gasteiger partial charge in [-0.25, -0.2) is 0 Å². The minimum Gasteiger partial charge on any atom is -0.493 e. The Kier molecular flexibility index (Phi) is 7.84. The van der Waals surface area contributed by atoms with E-state index < -0.39 is 0 Å². The van der Waals surface area contributed by atoms with Gasteiger partial charge in [0.2, 0.25) is 0 Å². The third kappa shape index (κ3) is 5.68. The maximum Gasteiger partial charge on any atom is 0.122 e. The van der Waals surface area contributed by atoms with Crippen molar-refractivity contribution < 1.29 is 4.74 Å². The van der Waals surface area contributed by atoms with Crippen molar-refractivity contribution in [3.63, 3.8) is 0 Å². The van der Waals surface area contributed by atoms with Gasteiger partial charge in [-0.3, -0.25) is 0 Å². The molecule has 1 atom stereocenters. The summed E-state index contributed by atoms with van der Waals surface area (Å²) in [6, 6.07) is 17.1. The van der Waals surface area contributed by atoms with Gasteiger partial charge >= 0.3 is 0 Å². The van der Waals surface area contributed by atoms with E-state index in [1.54, 1.807) is 0 Å². The van der Waals surface area contributed by atoms with Crippen LogP contribution in [0.25, 0.3) is 0 Å². The molecule has 2 nitrogen and oxygen atoms in total. The Morgan fingerprint density at radius 3 is 2.42 bits per heavy atom. The smallest absolute Gasteiger partial charge is 0.122 e. The van der Waals surface area contributed by atoms with E-state index in [2.05, 4.69) is 56.3 Å². The van der Waals surface area contributed by atoms with Gasteiger partial charge in [-0.1, -0.05) is 74.2 Å². The van der Waals surface area contributed by atoms with Crippen LogP contribution in [0.1, 0.15) is 55.2 Å². The number of benzene rings is 2. The number of rotatable bonds is 10. The molecule has 0 bridgehead atoms. The second kappa shape index (κ2) is 10.1. The van der Waals surface area contributed by atoms with Gasteiger partial charge in [0.05, 0.1) is 6.61 Å². The molecule has 2 rings (SSSR count). The minimum absolute atomic E-state index is 0.329. The molecule has 0 saturated heterocycles. The molecule has 130 valence electrons. The zero-order chi connectivity index (χ0) is 17.2.